The van der Waals surface area contributed by atoms with Crippen molar-refractivity contribution in [3.8, 4) is 11.1 Å². The highest BCUT2D eigenvalue weighted by molar-refractivity contribution is 5.73. The molecule has 0 aliphatic carbocycles. The van der Waals surface area contributed by atoms with Gasteiger partial charge in [0.1, 0.15) is 11.4 Å². The molecule has 0 amide bonds. The normalized spacial score (nSPS) is 11.5. The van der Waals surface area contributed by atoms with Crippen LogP contribution in [0.25, 0.3) is 35.4 Å². The van der Waals surface area contributed by atoms with Crippen LogP contribution < -0.4 is 0 Å². The van der Waals surface area contributed by atoms with Crippen LogP contribution >= 0.6 is 0 Å². The molecule has 4 aromatic rings. The predicted octanol–water partition coefficient (Wildman–Crippen LogP) is 4.46. The van der Waals surface area contributed by atoms with E-state index in [1.165, 1.54) is 12.5 Å². The average Bonchev–Trinajstić information content (AvgIpc) is 3.40. The van der Waals surface area contributed by atoms with Crippen molar-refractivity contribution in [3.05, 3.63) is 83.6 Å². The molecule has 26 heavy (non-hydrogen) atoms. The third kappa shape index (κ3) is 3.81. The minimum absolute atomic E-state index is 0.694. The molecule has 0 spiro atoms. The van der Waals surface area contributed by atoms with E-state index in [2.05, 4.69) is 69.3 Å². The molecule has 0 bridgehead atoms. The highest BCUT2D eigenvalue weighted by Crippen LogP contribution is 2.21. The number of rotatable bonds is 5. The summed E-state index contributed by atoms with van der Waals surface area (Å²) in [7, 11) is 0. The van der Waals surface area contributed by atoms with Crippen molar-refractivity contribution in [2.75, 3.05) is 0 Å². The summed E-state index contributed by atoms with van der Waals surface area (Å²) in [5, 5.41) is 14.5. The third-order valence-electron chi connectivity index (χ3n) is 3.80. The quantitative estimate of drug-likeness (QED) is 0.533. The monoisotopic (exact) mass is 342 g/mol. The van der Waals surface area contributed by atoms with Gasteiger partial charge in [-0.05, 0) is 34.4 Å². The molecule has 2 aromatic carbocycles. The standard InChI is InChI=1S/C20H14N4O2/c1-7-17(8-2-15(1)5-11-19-13-25-23-21-19)18-9-3-16(4-10-18)6-12-20-14-26-24-22-20/h1-14H. The molecule has 0 fully saturated rings. The molecule has 0 N–H and O–H groups in total. The first-order chi connectivity index (χ1) is 12.9. The lowest BCUT2D eigenvalue weighted by Crippen LogP contribution is -1.80. The molecule has 0 aliphatic rings. The van der Waals surface area contributed by atoms with Crippen molar-refractivity contribution in [2.45, 2.75) is 0 Å². The van der Waals surface area contributed by atoms with Gasteiger partial charge in [0.2, 0.25) is 0 Å². The van der Waals surface area contributed by atoms with Crippen molar-refractivity contribution in [3.63, 3.8) is 0 Å². The van der Waals surface area contributed by atoms with Crippen LogP contribution in [0.15, 0.2) is 70.1 Å². The Kier molecular flexibility index (Phi) is 4.47. The van der Waals surface area contributed by atoms with Crippen molar-refractivity contribution < 1.29 is 9.05 Å². The average molecular weight is 342 g/mol. The first-order valence-corrected chi connectivity index (χ1v) is 7.98. The molecular formula is C20H14N4O2. The molecule has 4 rings (SSSR count). The fourth-order valence-corrected chi connectivity index (χ4v) is 2.43. The maximum Gasteiger partial charge on any atom is 0.151 e. The lowest BCUT2D eigenvalue weighted by molar-refractivity contribution is 0.392. The number of benzene rings is 2. The first kappa shape index (κ1) is 15.7. The van der Waals surface area contributed by atoms with Gasteiger partial charge in [-0.2, -0.15) is 0 Å². The summed E-state index contributed by atoms with van der Waals surface area (Å²) in [6, 6.07) is 16.6. The van der Waals surface area contributed by atoms with E-state index in [4.69, 9.17) is 9.05 Å². The van der Waals surface area contributed by atoms with E-state index in [1.807, 2.05) is 24.3 Å². The van der Waals surface area contributed by atoms with E-state index >= 15 is 0 Å². The van der Waals surface area contributed by atoms with Gasteiger partial charge in [0, 0.05) is 10.5 Å². The zero-order chi connectivity index (χ0) is 17.6. The van der Waals surface area contributed by atoms with Crippen LogP contribution in [0.1, 0.15) is 22.5 Å². The molecule has 2 aromatic heterocycles. The van der Waals surface area contributed by atoms with Crippen LogP contribution in [-0.4, -0.2) is 20.7 Å². The van der Waals surface area contributed by atoms with Crippen LogP contribution in [0.5, 0.6) is 0 Å². The molecule has 0 radical (unpaired) electrons. The Balaban J connectivity index is 1.45. The van der Waals surface area contributed by atoms with E-state index in [9.17, 15) is 0 Å². The Hall–Kier alpha value is -3.80. The third-order valence-corrected chi connectivity index (χ3v) is 3.80. The molecule has 6 nitrogen and oxygen atoms in total. The zero-order valence-electron chi connectivity index (χ0n) is 13.7. The molecule has 0 atom stereocenters. The van der Waals surface area contributed by atoms with Gasteiger partial charge in [-0.15, -0.1) is 10.2 Å². The second-order valence-corrected chi connectivity index (χ2v) is 5.57. The largest absolute Gasteiger partial charge is 0.345 e. The van der Waals surface area contributed by atoms with Crippen LogP contribution in [-0.2, 0) is 0 Å². The number of hydrogen-bond donors (Lipinski definition) is 0. The summed E-state index contributed by atoms with van der Waals surface area (Å²) < 4.78 is 9.40. The summed E-state index contributed by atoms with van der Waals surface area (Å²) in [4.78, 5) is 0. The molecule has 2 heterocycles. The lowest BCUT2D eigenvalue weighted by atomic mass is 10.0. The highest BCUT2D eigenvalue weighted by Gasteiger charge is 1.98. The number of hydrogen-bond acceptors (Lipinski definition) is 6. The van der Waals surface area contributed by atoms with Gasteiger partial charge < -0.3 is 9.05 Å². The first-order valence-electron chi connectivity index (χ1n) is 7.98. The summed E-state index contributed by atoms with van der Waals surface area (Å²) in [5.74, 6) is 0. The zero-order valence-corrected chi connectivity index (χ0v) is 13.7. The second-order valence-electron chi connectivity index (χ2n) is 5.57. The van der Waals surface area contributed by atoms with Crippen LogP contribution in [0, 0.1) is 0 Å². The van der Waals surface area contributed by atoms with Gasteiger partial charge in [-0.1, -0.05) is 60.7 Å². The van der Waals surface area contributed by atoms with Gasteiger partial charge in [0.25, 0.3) is 0 Å². The lowest BCUT2D eigenvalue weighted by Gasteiger charge is -2.03. The molecule has 0 saturated heterocycles. The van der Waals surface area contributed by atoms with Gasteiger partial charge in [-0.3, -0.25) is 0 Å². The Morgan fingerprint density at radius 1 is 0.538 bits per heavy atom. The SMILES string of the molecule is C(=Cc1conn1)c1ccc(-c2ccc(C=Cc3conn3)cc2)cc1. The van der Waals surface area contributed by atoms with E-state index in [0.717, 1.165) is 22.3 Å². The maximum atomic E-state index is 4.70. The fraction of sp³-hybridized carbons (Fsp3) is 0. The number of aromatic nitrogens is 4. The second kappa shape index (κ2) is 7.40. The molecule has 0 saturated carbocycles. The maximum absolute atomic E-state index is 4.70. The Morgan fingerprint density at radius 3 is 1.31 bits per heavy atom. The van der Waals surface area contributed by atoms with Gasteiger partial charge in [0.15, 0.2) is 12.5 Å². The minimum Gasteiger partial charge on any atom is -0.345 e. The summed E-state index contributed by atoms with van der Waals surface area (Å²) in [5.41, 5.74) is 5.86. The van der Waals surface area contributed by atoms with Crippen molar-refractivity contribution in [1.29, 1.82) is 0 Å². The van der Waals surface area contributed by atoms with Gasteiger partial charge in [0.05, 0.1) is 0 Å². The van der Waals surface area contributed by atoms with Crippen molar-refractivity contribution in [1.82, 2.24) is 20.7 Å². The summed E-state index contributed by atoms with van der Waals surface area (Å²) in [6.07, 6.45) is 10.7. The molecule has 6 heteroatoms. The van der Waals surface area contributed by atoms with Gasteiger partial charge in [-0.25, -0.2) is 0 Å². The fourth-order valence-electron chi connectivity index (χ4n) is 2.43. The Labute approximate surface area is 149 Å². The Bertz CT molecular complexity index is 915. The van der Waals surface area contributed by atoms with E-state index < -0.39 is 0 Å². The van der Waals surface area contributed by atoms with Crippen LogP contribution in [0.3, 0.4) is 0 Å². The van der Waals surface area contributed by atoms with Crippen molar-refractivity contribution >= 4 is 24.3 Å². The minimum atomic E-state index is 0.694. The van der Waals surface area contributed by atoms with E-state index in [1.54, 1.807) is 0 Å². The predicted molar refractivity (Wildman–Crippen MR) is 98.3 cm³/mol. The number of nitrogens with zero attached hydrogens (tertiary/aromatic N) is 4. The molecular weight excluding hydrogens is 328 g/mol. The van der Waals surface area contributed by atoms with E-state index in [0.29, 0.717) is 11.4 Å². The topological polar surface area (TPSA) is 77.8 Å². The molecule has 126 valence electrons. The van der Waals surface area contributed by atoms with Crippen molar-refractivity contribution in [2.24, 2.45) is 0 Å². The van der Waals surface area contributed by atoms with Crippen LogP contribution in [0.2, 0.25) is 0 Å². The molecule has 0 aliphatic heterocycles. The highest BCUT2D eigenvalue weighted by atomic mass is 16.5. The Morgan fingerprint density at radius 2 is 0.962 bits per heavy atom. The van der Waals surface area contributed by atoms with E-state index in [-0.39, 0.29) is 0 Å². The summed E-state index contributed by atoms with van der Waals surface area (Å²) in [6.45, 7) is 0. The van der Waals surface area contributed by atoms with Gasteiger partial charge >= 0.3 is 0 Å². The summed E-state index contributed by atoms with van der Waals surface area (Å²) >= 11 is 0. The smallest absolute Gasteiger partial charge is 0.151 e. The van der Waals surface area contributed by atoms with Crippen LogP contribution in [0.4, 0.5) is 0 Å². The molecule has 0 unspecified atom stereocenters.